The normalized spacial score (nSPS) is 16.8. The minimum absolute atomic E-state index is 0.316. The zero-order valence-corrected chi connectivity index (χ0v) is 14.7. The number of pyridine rings is 1. The van der Waals surface area contributed by atoms with Crippen LogP contribution >= 0.6 is 0 Å². The molecule has 1 saturated heterocycles. The second-order valence-electron chi connectivity index (χ2n) is 5.84. The van der Waals surface area contributed by atoms with Crippen molar-refractivity contribution in [2.45, 2.75) is 32.4 Å². The van der Waals surface area contributed by atoms with E-state index in [1.165, 1.54) is 0 Å². The van der Waals surface area contributed by atoms with Crippen LogP contribution in [0.4, 0.5) is 5.82 Å². The van der Waals surface area contributed by atoms with Crippen molar-refractivity contribution >= 4 is 5.82 Å². The predicted molar refractivity (Wildman–Crippen MR) is 93.7 cm³/mol. The molecule has 25 heavy (non-hydrogen) atoms. The molecule has 134 valence electrons. The first-order valence-corrected chi connectivity index (χ1v) is 8.55. The lowest BCUT2D eigenvalue weighted by atomic mass is 10.0. The summed E-state index contributed by atoms with van der Waals surface area (Å²) in [5, 5.41) is 3.35. The third kappa shape index (κ3) is 4.64. The molecule has 0 unspecified atom stereocenters. The second-order valence-corrected chi connectivity index (χ2v) is 5.84. The van der Waals surface area contributed by atoms with Crippen molar-refractivity contribution in [3.05, 3.63) is 41.5 Å². The Balaban J connectivity index is 1.77. The highest BCUT2D eigenvalue weighted by Crippen LogP contribution is 2.25. The molecule has 1 aliphatic rings. The second kappa shape index (κ2) is 8.73. The topological polar surface area (TPSA) is 78.4 Å². The predicted octanol–water partition coefficient (Wildman–Crippen LogP) is 2.53. The molecule has 3 heterocycles. The van der Waals surface area contributed by atoms with Gasteiger partial charge in [0, 0.05) is 44.0 Å². The molecule has 1 N–H and O–H groups in total. The van der Waals surface area contributed by atoms with Gasteiger partial charge in [-0.3, -0.25) is 0 Å². The lowest BCUT2D eigenvalue weighted by molar-refractivity contribution is 0.177. The Morgan fingerprint density at radius 3 is 3.04 bits per heavy atom. The van der Waals surface area contributed by atoms with Crippen molar-refractivity contribution in [1.82, 2.24) is 15.0 Å². The molecule has 0 radical (unpaired) electrons. The molecular formula is C18H24N4O3. The highest BCUT2D eigenvalue weighted by Gasteiger charge is 2.20. The van der Waals surface area contributed by atoms with Crippen LogP contribution in [0.25, 0.3) is 0 Å². The number of anilines is 1. The maximum Gasteiger partial charge on any atom is 0.218 e. The Labute approximate surface area is 147 Å². The Kier molecular flexibility index (Phi) is 6.14. The Morgan fingerprint density at radius 1 is 1.36 bits per heavy atom. The van der Waals surface area contributed by atoms with E-state index in [0.717, 1.165) is 30.1 Å². The van der Waals surface area contributed by atoms with Crippen LogP contribution in [-0.2, 0) is 22.6 Å². The lowest BCUT2D eigenvalue weighted by Crippen LogP contribution is -2.11. The summed E-state index contributed by atoms with van der Waals surface area (Å²) in [6.07, 6.45) is 2.72. The fourth-order valence-electron chi connectivity index (χ4n) is 2.79. The average Bonchev–Trinajstić information content (AvgIpc) is 3.16. The maximum atomic E-state index is 5.57. The number of methoxy groups -OCH3 is 1. The van der Waals surface area contributed by atoms with Crippen LogP contribution in [0, 0.1) is 0 Å². The van der Waals surface area contributed by atoms with Gasteiger partial charge in [-0.25, -0.2) is 15.0 Å². The van der Waals surface area contributed by atoms with Gasteiger partial charge in [0.25, 0.3) is 0 Å². The lowest BCUT2D eigenvalue weighted by Gasteiger charge is -2.14. The molecule has 1 aliphatic heterocycles. The minimum atomic E-state index is 0.316. The average molecular weight is 344 g/mol. The monoisotopic (exact) mass is 344 g/mol. The summed E-state index contributed by atoms with van der Waals surface area (Å²) in [6, 6.07) is 5.89. The minimum Gasteiger partial charge on any atom is -0.478 e. The van der Waals surface area contributed by atoms with Crippen molar-refractivity contribution in [1.29, 1.82) is 0 Å². The summed E-state index contributed by atoms with van der Waals surface area (Å²) in [5.41, 5.74) is 1.99. The first kappa shape index (κ1) is 17.6. The molecule has 1 fully saturated rings. The Hall–Kier alpha value is -2.25. The van der Waals surface area contributed by atoms with E-state index < -0.39 is 0 Å². The molecule has 0 aromatic carbocycles. The molecule has 2 aromatic heterocycles. The summed E-state index contributed by atoms with van der Waals surface area (Å²) in [6.45, 7) is 4.98. The van der Waals surface area contributed by atoms with Gasteiger partial charge < -0.3 is 19.5 Å². The zero-order chi connectivity index (χ0) is 17.5. The van der Waals surface area contributed by atoms with Crippen LogP contribution < -0.4 is 10.1 Å². The Morgan fingerprint density at radius 2 is 2.28 bits per heavy atom. The van der Waals surface area contributed by atoms with Gasteiger partial charge >= 0.3 is 0 Å². The van der Waals surface area contributed by atoms with Gasteiger partial charge in [0.15, 0.2) is 5.82 Å². The van der Waals surface area contributed by atoms with E-state index in [1.54, 1.807) is 13.3 Å². The molecular weight excluding hydrogens is 320 g/mol. The van der Waals surface area contributed by atoms with E-state index in [4.69, 9.17) is 14.2 Å². The standard InChI is InChI=1S/C18H24N4O3/c1-3-25-18-13(5-4-7-19-18)10-20-16-9-15(14-6-8-24-11-14)21-17(22-16)12-23-2/h4-5,7,9,14H,3,6,8,10-12H2,1-2H3,(H,20,21,22)/t14-/m1/s1. The smallest absolute Gasteiger partial charge is 0.218 e. The van der Waals surface area contributed by atoms with E-state index >= 15 is 0 Å². The molecule has 0 amide bonds. The fraction of sp³-hybridized carbons (Fsp3) is 0.500. The molecule has 7 heteroatoms. The van der Waals surface area contributed by atoms with Crippen molar-refractivity contribution in [2.24, 2.45) is 0 Å². The SMILES string of the molecule is CCOc1ncccc1CNc1cc([C@@H]2CCOC2)nc(COC)n1. The van der Waals surface area contributed by atoms with Crippen LogP contribution in [0.15, 0.2) is 24.4 Å². The van der Waals surface area contributed by atoms with Crippen LogP contribution in [-0.4, -0.2) is 41.9 Å². The van der Waals surface area contributed by atoms with Crippen LogP contribution in [0.5, 0.6) is 5.88 Å². The summed E-state index contributed by atoms with van der Waals surface area (Å²) in [5.74, 6) is 2.41. The highest BCUT2D eigenvalue weighted by molar-refractivity contribution is 5.39. The van der Waals surface area contributed by atoms with Gasteiger partial charge in [-0.1, -0.05) is 6.07 Å². The third-order valence-electron chi connectivity index (χ3n) is 4.00. The number of hydrogen-bond acceptors (Lipinski definition) is 7. The molecule has 0 aliphatic carbocycles. The first-order valence-electron chi connectivity index (χ1n) is 8.55. The van der Waals surface area contributed by atoms with Crippen LogP contribution in [0.3, 0.4) is 0 Å². The Bertz CT molecular complexity index is 690. The summed E-state index contributed by atoms with van der Waals surface area (Å²) in [7, 11) is 1.64. The van der Waals surface area contributed by atoms with Crippen molar-refractivity contribution in [2.75, 3.05) is 32.2 Å². The van der Waals surface area contributed by atoms with Gasteiger partial charge in [0.05, 0.1) is 18.9 Å². The van der Waals surface area contributed by atoms with Crippen molar-refractivity contribution < 1.29 is 14.2 Å². The summed E-state index contributed by atoms with van der Waals surface area (Å²) < 4.78 is 16.3. The van der Waals surface area contributed by atoms with Gasteiger partial charge in [-0.2, -0.15) is 0 Å². The third-order valence-corrected chi connectivity index (χ3v) is 4.00. The molecule has 0 spiro atoms. The number of rotatable bonds is 8. The maximum absolute atomic E-state index is 5.57. The fourth-order valence-corrected chi connectivity index (χ4v) is 2.79. The van der Waals surface area contributed by atoms with E-state index in [1.807, 2.05) is 25.1 Å². The molecule has 2 aromatic rings. The molecule has 0 saturated carbocycles. The highest BCUT2D eigenvalue weighted by atomic mass is 16.5. The molecule has 0 bridgehead atoms. The number of hydrogen-bond donors (Lipinski definition) is 1. The van der Waals surface area contributed by atoms with E-state index in [9.17, 15) is 0 Å². The van der Waals surface area contributed by atoms with Gasteiger partial charge in [0.2, 0.25) is 5.88 Å². The number of nitrogens with zero attached hydrogens (tertiary/aromatic N) is 3. The van der Waals surface area contributed by atoms with Crippen molar-refractivity contribution in [3.8, 4) is 5.88 Å². The zero-order valence-electron chi connectivity index (χ0n) is 14.7. The largest absolute Gasteiger partial charge is 0.478 e. The quantitative estimate of drug-likeness (QED) is 0.788. The van der Waals surface area contributed by atoms with Gasteiger partial charge in [-0.05, 0) is 19.4 Å². The van der Waals surface area contributed by atoms with Crippen molar-refractivity contribution in [3.63, 3.8) is 0 Å². The van der Waals surface area contributed by atoms with Gasteiger partial charge in [-0.15, -0.1) is 0 Å². The summed E-state index contributed by atoms with van der Waals surface area (Å²) in [4.78, 5) is 13.4. The molecule has 7 nitrogen and oxygen atoms in total. The van der Waals surface area contributed by atoms with E-state index in [-0.39, 0.29) is 0 Å². The number of aromatic nitrogens is 3. The van der Waals surface area contributed by atoms with Gasteiger partial charge in [0.1, 0.15) is 12.4 Å². The molecule has 3 rings (SSSR count). The number of nitrogens with one attached hydrogen (secondary N) is 1. The molecule has 1 atom stereocenters. The van der Waals surface area contributed by atoms with E-state index in [0.29, 0.717) is 44.0 Å². The first-order chi connectivity index (χ1) is 12.3. The van der Waals surface area contributed by atoms with Crippen LogP contribution in [0.2, 0.25) is 0 Å². The van der Waals surface area contributed by atoms with E-state index in [2.05, 4.69) is 20.3 Å². The van der Waals surface area contributed by atoms with Crippen LogP contribution in [0.1, 0.15) is 36.3 Å². The summed E-state index contributed by atoms with van der Waals surface area (Å²) >= 11 is 0. The number of ether oxygens (including phenoxy) is 3.